The van der Waals surface area contributed by atoms with Gasteiger partial charge in [0.25, 0.3) is 0 Å². The average molecular weight is 360 g/mol. The average Bonchev–Trinajstić information content (AvgIpc) is 2.93. The smallest absolute Gasteiger partial charge is 0.0579 e. The van der Waals surface area contributed by atoms with E-state index in [2.05, 4.69) is 83.6 Å². The van der Waals surface area contributed by atoms with Gasteiger partial charge in [-0.25, -0.2) is 0 Å². The Kier molecular flexibility index (Phi) is 4.32. The molecule has 0 aliphatic heterocycles. The van der Waals surface area contributed by atoms with Crippen LogP contribution in [0.1, 0.15) is 30.3 Å². The van der Waals surface area contributed by atoms with E-state index in [1.165, 1.54) is 26.2 Å². The zero-order valence-electron chi connectivity index (χ0n) is 12.2. The van der Waals surface area contributed by atoms with Crippen molar-refractivity contribution in [2.24, 2.45) is 0 Å². The van der Waals surface area contributed by atoms with Crippen molar-refractivity contribution in [1.29, 1.82) is 0 Å². The summed E-state index contributed by atoms with van der Waals surface area (Å²) in [6.45, 7) is 4.42. The van der Waals surface area contributed by atoms with Crippen LogP contribution in [-0.2, 0) is 6.42 Å². The molecule has 3 rings (SSSR count). The summed E-state index contributed by atoms with van der Waals surface area (Å²) in [5, 5.41) is 4.99. The highest BCUT2D eigenvalue weighted by Crippen LogP contribution is 2.32. The maximum Gasteiger partial charge on any atom is 0.0579 e. The van der Waals surface area contributed by atoms with Gasteiger partial charge in [-0.2, -0.15) is 0 Å². The molecule has 0 radical (unpaired) electrons. The highest BCUT2D eigenvalue weighted by molar-refractivity contribution is 9.10. The zero-order chi connectivity index (χ0) is 14.8. The van der Waals surface area contributed by atoms with Gasteiger partial charge in [0.15, 0.2) is 0 Å². The van der Waals surface area contributed by atoms with Crippen LogP contribution in [-0.4, -0.2) is 0 Å². The van der Waals surface area contributed by atoms with Gasteiger partial charge in [0.05, 0.1) is 6.04 Å². The first-order valence-electron chi connectivity index (χ1n) is 7.21. The fraction of sp³-hybridized carbons (Fsp3) is 0.222. The maximum atomic E-state index is 3.66. The number of fused-ring (bicyclic) bond motifs is 1. The summed E-state index contributed by atoms with van der Waals surface area (Å²) in [4.78, 5) is 1.38. The van der Waals surface area contributed by atoms with Crippen LogP contribution < -0.4 is 5.32 Å². The van der Waals surface area contributed by atoms with Crippen LogP contribution in [0.4, 0.5) is 5.69 Å². The largest absolute Gasteiger partial charge is 0.377 e. The van der Waals surface area contributed by atoms with Gasteiger partial charge >= 0.3 is 0 Å². The summed E-state index contributed by atoms with van der Waals surface area (Å²) in [6, 6.07) is 17.6. The summed E-state index contributed by atoms with van der Waals surface area (Å²) in [6.07, 6.45) is 1.03. The van der Waals surface area contributed by atoms with Gasteiger partial charge in [-0.15, -0.1) is 11.3 Å². The van der Waals surface area contributed by atoms with Crippen molar-refractivity contribution >= 4 is 43.0 Å². The molecule has 2 aromatic carbocycles. The van der Waals surface area contributed by atoms with E-state index in [1.54, 1.807) is 0 Å². The van der Waals surface area contributed by atoms with Crippen LogP contribution >= 0.6 is 27.3 Å². The molecule has 1 atom stereocenters. The first-order valence-corrected chi connectivity index (χ1v) is 8.81. The Labute approximate surface area is 138 Å². The van der Waals surface area contributed by atoms with Gasteiger partial charge in [-0.1, -0.05) is 41.1 Å². The van der Waals surface area contributed by atoms with Crippen molar-refractivity contribution in [1.82, 2.24) is 0 Å². The number of benzene rings is 2. The second-order valence-electron chi connectivity index (χ2n) is 5.21. The first-order chi connectivity index (χ1) is 10.2. The lowest BCUT2D eigenvalue weighted by Crippen LogP contribution is -2.06. The van der Waals surface area contributed by atoms with Crippen LogP contribution in [0.25, 0.3) is 10.1 Å². The molecule has 0 aliphatic rings. The molecule has 0 amide bonds. The molecule has 21 heavy (non-hydrogen) atoms. The van der Waals surface area contributed by atoms with Gasteiger partial charge in [0, 0.05) is 19.7 Å². The Morgan fingerprint density at radius 3 is 2.71 bits per heavy atom. The highest BCUT2D eigenvalue weighted by Gasteiger charge is 2.11. The summed E-state index contributed by atoms with van der Waals surface area (Å²) in [7, 11) is 0. The van der Waals surface area contributed by atoms with Crippen LogP contribution in [0.15, 0.2) is 53.0 Å². The van der Waals surface area contributed by atoms with E-state index in [-0.39, 0.29) is 0 Å². The van der Waals surface area contributed by atoms with Crippen molar-refractivity contribution in [2.45, 2.75) is 26.3 Å². The topological polar surface area (TPSA) is 12.0 Å². The van der Waals surface area contributed by atoms with Crippen molar-refractivity contribution in [2.75, 3.05) is 5.32 Å². The Bertz CT molecular complexity index is 730. The third-order valence-electron chi connectivity index (χ3n) is 3.69. The predicted molar refractivity (Wildman–Crippen MR) is 97.4 cm³/mol. The Morgan fingerprint density at radius 1 is 1.14 bits per heavy atom. The predicted octanol–water partition coefficient (Wildman–Crippen LogP) is 6.40. The van der Waals surface area contributed by atoms with E-state index < -0.39 is 0 Å². The molecule has 108 valence electrons. The van der Waals surface area contributed by atoms with E-state index in [1.807, 2.05) is 11.3 Å². The second-order valence-corrected chi connectivity index (χ2v) is 7.24. The number of rotatable bonds is 4. The maximum absolute atomic E-state index is 3.66. The van der Waals surface area contributed by atoms with E-state index in [0.717, 1.165) is 10.9 Å². The summed E-state index contributed by atoms with van der Waals surface area (Å²) < 4.78 is 2.49. The molecule has 0 saturated carbocycles. The summed E-state index contributed by atoms with van der Waals surface area (Å²) in [5.41, 5.74) is 2.57. The zero-order valence-corrected chi connectivity index (χ0v) is 14.6. The molecule has 0 fully saturated rings. The Balaban J connectivity index is 1.87. The molecular weight excluding hydrogens is 342 g/mol. The fourth-order valence-corrected chi connectivity index (χ4v) is 3.99. The van der Waals surface area contributed by atoms with E-state index in [4.69, 9.17) is 0 Å². The van der Waals surface area contributed by atoms with Crippen molar-refractivity contribution in [3.63, 3.8) is 0 Å². The number of halogens is 1. The lowest BCUT2D eigenvalue weighted by molar-refractivity contribution is 0.902. The third kappa shape index (κ3) is 3.14. The van der Waals surface area contributed by atoms with E-state index in [0.29, 0.717) is 6.04 Å². The molecule has 0 aliphatic carbocycles. The van der Waals surface area contributed by atoms with E-state index in [9.17, 15) is 0 Å². The molecule has 0 bridgehead atoms. The van der Waals surface area contributed by atoms with Gasteiger partial charge in [0.1, 0.15) is 0 Å². The van der Waals surface area contributed by atoms with Crippen molar-refractivity contribution in [3.8, 4) is 0 Å². The number of thiophene rings is 1. The number of aryl methyl sites for hydroxylation is 1. The minimum Gasteiger partial charge on any atom is -0.377 e. The number of hydrogen-bond acceptors (Lipinski definition) is 2. The number of nitrogens with one attached hydrogen (secondary N) is 1. The monoisotopic (exact) mass is 359 g/mol. The normalized spacial score (nSPS) is 12.5. The minimum atomic E-state index is 0.314. The molecule has 1 N–H and O–H groups in total. The molecule has 1 heterocycles. The molecule has 1 aromatic heterocycles. The molecular formula is C18H18BrNS. The second kappa shape index (κ2) is 6.20. The van der Waals surface area contributed by atoms with Gasteiger partial charge in [0.2, 0.25) is 0 Å². The lowest BCUT2D eigenvalue weighted by atomic mass is 10.1. The molecule has 3 heteroatoms. The third-order valence-corrected chi connectivity index (χ3v) is 5.48. The molecule has 1 unspecified atom stereocenters. The molecule has 0 saturated heterocycles. The quantitative estimate of drug-likeness (QED) is 0.568. The standard InChI is InChI=1S/C18H18BrNS/c1-3-13-10-15(19)8-9-16(13)20-12(2)18-11-14-6-4-5-7-17(14)21-18/h4-12,20H,3H2,1-2H3. The van der Waals surface area contributed by atoms with Crippen molar-refractivity contribution in [3.05, 3.63) is 63.4 Å². The van der Waals surface area contributed by atoms with Crippen LogP contribution in [0, 0.1) is 0 Å². The lowest BCUT2D eigenvalue weighted by Gasteiger charge is -2.17. The Hall–Kier alpha value is -1.32. The number of anilines is 1. The minimum absolute atomic E-state index is 0.314. The Morgan fingerprint density at radius 2 is 1.95 bits per heavy atom. The van der Waals surface area contributed by atoms with E-state index >= 15 is 0 Å². The van der Waals surface area contributed by atoms with Gasteiger partial charge < -0.3 is 5.32 Å². The van der Waals surface area contributed by atoms with Crippen LogP contribution in [0.5, 0.6) is 0 Å². The molecule has 1 nitrogen and oxygen atoms in total. The fourth-order valence-electron chi connectivity index (χ4n) is 2.52. The number of hydrogen-bond donors (Lipinski definition) is 1. The van der Waals surface area contributed by atoms with Crippen molar-refractivity contribution < 1.29 is 0 Å². The highest BCUT2D eigenvalue weighted by atomic mass is 79.9. The molecule has 3 aromatic rings. The van der Waals surface area contributed by atoms with Gasteiger partial charge in [-0.05, 0) is 54.6 Å². The SMILES string of the molecule is CCc1cc(Br)ccc1NC(C)c1cc2ccccc2s1. The molecule has 0 spiro atoms. The van der Waals surface area contributed by atoms with Crippen LogP contribution in [0.2, 0.25) is 0 Å². The van der Waals surface area contributed by atoms with Gasteiger partial charge in [-0.3, -0.25) is 0 Å². The first kappa shape index (κ1) is 14.6. The van der Waals surface area contributed by atoms with Crippen LogP contribution in [0.3, 0.4) is 0 Å². The summed E-state index contributed by atoms with van der Waals surface area (Å²) >= 11 is 5.42. The summed E-state index contributed by atoms with van der Waals surface area (Å²) in [5.74, 6) is 0.